The second kappa shape index (κ2) is 8.90. The zero-order valence-electron chi connectivity index (χ0n) is 16.2. The first-order valence-corrected chi connectivity index (χ1v) is 9.78. The van der Waals surface area contributed by atoms with Crippen molar-refractivity contribution in [2.45, 2.75) is 6.54 Å². The first kappa shape index (κ1) is 19.2. The number of morpholine rings is 1. The molecule has 3 aromatic carbocycles. The van der Waals surface area contributed by atoms with E-state index in [2.05, 4.69) is 10.2 Å². The molecule has 0 radical (unpaired) electrons. The normalized spacial score (nSPS) is 14.5. The molecule has 0 atom stereocenters. The maximum atomic E-state index is 12.8. The van der Waals surface area contributed by atoms with Gasteiger partial charge in [0.15, 0.2) is 0 Å². The average molecular weight is 388 g/mol. The Hall–Kier alpha value is -3.15. The Labute approximate surface area is 170 Å². The van der Waals surface area contributed by atoms with Crippen LogP contribution in [0.4, 0.5) is 5.69 Å². The zero-order valence-corrected chi connectivity index (χ0v) is 16.2. The van der Waals surface area contributed by atoms with Crippen molar-refractivity contribution in [1.29, 1.82) is 0 Å². The van der Waals surface area contributed by atoms with Crippen LogP contribution in [0.15, 0.2) is 72.8 Å². The molecule has 4 rings (SSSR count). The van der Waals surface area contributed by atoms with Gasteiger partial charge in [0.25, 0.3) is 5.91 Å². The first-order valence-electron chi connectivity index (χ1n) is 9.78. The fourth-order valence-corrected chi connectivity index (χ4v) is 3.49. The van der Waals surface area contributed by atoms with Crippen LogP contribution in [-0.4, -0.2) is 42.2 Å². The van der Waals surface area contributed by atoms with Crippen molar-refractivity contribution in [3.8, 4) is 16.9 Å². The van der Waals surface area contributed by atoms with Gasteiger partial charge in [0, 0.05) is 25.3 Å². The van der Waals surface area contributed by atoms with Gasteiger partial charge in [0.2, 0.25) is 0 Å². The SMILES string of the molecule is O=C(Nc1cccc(-c2ccccc2)c1)c1cc(CN2CCOCC2)ccc1O. The topological polar surface area (TPSA) is 61.8 Å². The minimum absolute atomic E-state index is 0.0209. The van der Waals surface area contributed by atoms with Crippen molar-refractivity contribution in [3.05, 3.63) is 83.9 Å². The number of benzene rings is 3. The summed E-state index contributed by atoms with van der Waals surface area (Å²) < 4.78 is 5.38. The Morgan fingerprint density at radius 3 is 2.48 bits per heavy atom. The number of anilines is 1. The van der Waals surface area contributed by atoms with E-state index in [9.17, 15) is 9.90 Å². The second-order valence-electron chi connectivity index (χ2n) is 7.14. The van der Waals surface area contributed by atoms with E-state index in [0.717, 1.165) is 49.5 Å². The number of rotatable bonds is 5. The van der Waals surface area contributed by atoms with Crippen LogP contribution in [-0.2, 0) is 11.3 Å². The fraction of sp³-hybridized carbons (Fsp3) is 0.208. The highest BCUT2D eigenvalue weighted by Gasteiger charge is 2.15. The van der Waals surface area contributed by atoms with E-state index in [4.69, 9.17) is 4.74 Å². The molecule has 0 aliphatic carbocycles. The van der Waals surface area contributed by atoms with Crippen molar-refractivity contribution in [2.75, 3.05) is 31.6 Å². The van der Waals surface area contributed by atoms with E-state index < -0.39 is 0 Å². The monoisotopic (exact) mass is 388 g/mol. The van der Waals surface area contributed by atoms with Crippen LogP contribution in [0, 0.1) is 0 Å². The number of phenolic OH excluding ortho intramolecular Hbond substituents is 1. The van der Waals surface area contributed by atoms with E-state index in [0.29, 0.717) is 5.69 Å². The van der Waals surface area contributed by atoms with Gasteiger partial charge in [-0.05, 0) is 41.0 Å². The summed E-state index contributed by atoms with van der Waals surface area (Å²) in [6, 6.07) is 22.9. The Morgan fingerprint density at radius 2 is 1.69 bits per heavy atom. The minimum atomic E-state index is -0.323. The summed E-state index contributed by atoms with van der Waals surface area (Å²) in [6.45, 7) is 3.92. The standard InChI is InChI=1S/C24H24N2O3/c27-23-10-9-18(17-26-11-13-29-14-12-26)15-22(23)24(28)25-21-8-4-7-20(16-21)19-5-2-1-3-6-19/h1-10,15-16,27H,11-14,17H2,(H,25,28). The van der Waals surface area contributed by atoms with E-state index in [1.807, 2.05) is 60.7 Å². The summed E-state index contributed by atoms with van der Waals surface area (Å²) in [5, 5.41) is 13.1. The lowest BCUT2D eigenvalue weighted by molar-refractivity contribution is 0.0341. The van der Waals surface area contributed by atoms with Crippen molar-refractivity contribution >= 4 is 11.6 Å². The van der Waals surface area contributed by atoms with E-state index in [1.54, 1.807) is 12.1 Å². The minimum Gasteiger partial charge on any atom is -0.507 e. The van der Waals surface area contributed by atoms with E-state index in [-0.39, 0.29) is 17.2 Å². The lowest BCUT2D eigenvalue weighted by Crippen LogP contribution is -2.35. The van der Waals surface area contributed by atoms with Gasteiger partial charge < -0.3 is 15.2 Å². The number of nitrogens with one attached hydrogen (secondary N) is 1. The summed E-state index contributed by atoms with van der Waals surface area (Å²) >= 11 is 0. The average Bonchev–Trinajstić information content (AvgIpc) is 2.76. The summed E-state index contributed by atoms with van der Waals surface area (Å²) in [7, 11) is 0. The molecule has 1 aliphatic rings. The summed E-state index contributed by atoms with van der Waals surface area (Å²) in [6.07, 6.45) is 0. The van der Waals surface area contributed by atoms with E-state index >= 15 is 0 Å². The molecule has 5 heteroatoms. The quantitative estimate of drug-likeness (QED) is 0.690. The number of aromatic hydroxyl groups is 1. The van der Waals surface area contributed by atoms with Gasteiger partial charge in [-0.25, -0.2) is 0 Å². The third kappa shape index (κ3) is 4.83. The predicted octanol–water partition coefficient (Wildman–Crippen LogP) is 4.14. The molecule has 1 aliphatic heterocycles. The molecule has 1 amide bonds. The second-order valence-corrected chi connectivity index (χ2v) is 7.14. The molecule has 0 aromatic heterocycles. The maximum Gasteiger partial charge on any atom is 0.259 e. The van der Waals surface area contributed by atoms with Gasteiger partial charge in [0.1, 0.15) is 5.75 Å². The largest absolute Gasteiger partial charge is 0.507 e. The molecule has 5 nitrogen and oxygen atoms in total. The molecule has 2 N–H and O–H groups in total. The zero-order chi connectivity index (χ0) is 20.1. The van der Waals surface area contributed by atoms with Crippen molar-refractivity contribution in [2.24, 2.45) is 0 Å². The summed E-state index contributed by atoms with van der Waals surface area (Å²) in [5.41, 5.74) is 4.07. The Balaban J connectivity index is 1.50. The Bertz CT molecular complexity index is 982. The molecule has 0 saturated carbocycles. The number of ether oxygens (including phenoxy) is 1. The van der Waals surface area contributed by atoms with Gasteiger partial charge in [0.05, 0.1) is 18.8 Å². The van der Waals surface area contributed by atoms with Crippen LogP contribution in [0.2, 0.25) is 0 Å². The highest BCUT2D eigenvalue weighted by Crippen LogP contribution is 2.25. The Morgan fingerprint density at radius 1 is 0.931 bits per heavy atom. The maximum absolute atomic E-state index is 12.8. The number of hydrogen-bond acceptors (Lipinski definition) is 4. The highest BCUT2D eigenvalue weighted by atomic mass is 16.5. The molecule has 1 heterocycles. The molecule has 1 saturated heterocycles. The Kier molecular flexibility index (Phi) is 5.89. The molecular formula is C24H24N2O3. The highest BCUT2D eigenvalue weighted by molar-refractivity contribution is 6.06. The number of nitrogens with zero attached hydrogens (tertiary/aromatic N) is 1. The number of amides is 1. The lowest BCUT2D eigenvalue weighted by Gasteiger charge is -2.26. The number of carbonyl (C=O) groups is 1. The lowest BCUT2D eigenvalue weighted by atomic mass is 10.0. The third-order valence-corrected chi connectivity index (χ3v) is 5.04. The van der Waals surface area contributed by atoms with Crippen LogP contribution < -0.4 is 5.32 Å². The fourth-order valence-electron chi connectivity index (χ4n) is 3.49. The number of phenols is 1. The molecule has 1 fully saturated rings. The summed E-state index contributed by atoms with van der Waals surface area (Å²) in [5.74, 6) is -0.344. The predicted molar refractivity (Wildman–Crippen MR) is 114 cm³/mol. The number of hydrogen-bond donors (Lipinski definition) is 2. The molecule has 29 heavy (non-hydrogen) atoms. The van der Waals surface area contributed by atoms with Gasteiger partial charge >= 0.3 is 0 Å². The third-order valence-electron chi connectivity index (χ3n) is 5.04. The van der Waals surface area contributed by atoms with Crippen LogP contribution in [0.25, 0.3) is 11.1 Å². The molecule has 148 valence electrons. The summed E-state index contributed by atoms with van der Waals surface area (Å²) in [4.78, 5) is 15.1. The first-order chi connectivity index (χ1) is 14.2. The van der Waals surface area contributed by atoms with Crippen LogP contribution >= 0.6 is 0 Å². The van der Waals surface area contributed by atoms with Crippen LogP contribution in [0.5, 0.6) is 5.75 Å². The van der Waals surface area contributed by atoms with Crippen molar-refractivity contribution < 1.29 is 14.6 Å². The van der Waals surface area contributed by atoms with Gasteiger partial charge in [-0.1, -0.05) is 48.5 Å². The molecular weight excluding hydrogens is 364 g/mol. The van der Waals surface area contributed by atoms with Crippen molar-refractivity contribution in [1.82, 2.24) is 4.90 Å². The van der Waals surface area contributed by atoms with Gasteiger partial charge in [-0.15, -0.1) is 0 Å². The molecule has 0 unspecified atom stereocenters. The van der Waals surface area contributed by atoms with Gasteiger partial charge in [-0.3, -0.25) is 9.69 Å². The van der Waals surface area contributed by atoms with Crippen molar-refractivity contribution in [3.63, 3.8) is 0 Å². The molecule has 0 bridgehead atoms. The van der Waals surface area contributed by atoms with Crippen LogP contribution in [0.3, 0.4) is 0 Å². The number of carbonyl (C=O) groups excluding carboxylic acids is 1. The molecule has 0 spiro atoms. The molecule has 3 aromatic rings. The smallest absolute Gasteiger partial charge is 0.259 e. The van der Waals surface area contributed by atoms with E-state index in [1.165, 1.54) is 0 Å². The van der Waals surface area contributed by atoms with Crippen LogP contribution in [0.1, 0.15) is 15.9 Å². The van der Waals surface area contributed by atoms with Gasteiger partial charge in [-0.2, -0.15) is 0 Å².